The van der Waals surface area contributed by atoms with E-state index in [1.165, 1.54) is 14.0 Å². The molecule has 3 unspecified atom stereocenters. The lowest BCUT2D eigenvalue weighted by Gasteiger charge is -2.25. The number of carbonyl (C=O) groups is 2. The number of methoxy groups -OCH3 is 1. The average Bonchev–Trinajstić information content (AvgIpc) is 3.35. The molecule has 2 aromatic rings. The molecule has 3 atom stereocenters. The summed E-state index contributed by atoms with van der Waals surface area (Å²) in [4.78, 5) is 23.9. The minimum atomic E-state index is -1.41. The lowest BCUT2D eigenvalue weighted by molar-refractivity contribution is -0.149. The van der Waals surface area contributed by atoms with Crippen molar-refractivity contribution >= 4 is 22.6 Å². The van der Waals surface area contributed by atoms with Crippen LogP contribution in [0.3, 0.4) is 0 Å². The summed E-state index contributed by atoms with van der Waals surface area (Å²) < 4.78 is 4.94. The number of rotatable bonds is 6. The number of amides is 1. The van der Waals surface area contributed by atoms with Crippen LogP contribution in [0.5, 0.6) is 0 Å². The molecule has 126 valence electrons. The molecule has 3 rings (SSSR count). The van der Waals surface area contributed by atoms with E-state index in [1.54, 1.807) is 0 Å². The van der Waals surface area contributed by atoms with Gasteiger partial charge in [0.2, 0.25) is 5.91 Å². The highest BCUT2D eigenvalue weighted by Gasteiger charge is 2.47. The first kappa shape index (κ1) is 16.5. The number of hydrogen-bond donors (Lipinski definition) is 2. The van der Waals surface area contributed by atoms with E-state index >= 15 is 0 Å². The average molecular weight is 327 g/mol. The third kappa shape index (κ3) is 2.99. The second kappa shape index (κ2) is 6.24. The molecule has 1 saturated carbocycles. The molecule has 0 radical (unpaired) electrons. The number of aliphatic carboxylic acids is 1. The predicted molar refractivity (Wildman–Crippen MR) is 90.9 cm³/mol. The van der Waals surface area contributed by atoms with Crippen LogP contribution in [-0.2, 0) is 14.3 Å². The largest absolute Gasteiger partial charge is 0.479 e. The smallest absolute Gasteiger partial charge is 0.331 e. The van der Waals surface area contributed by atoms with E-state index in [2.05, 4.69) is 23.5 Å². The van der Waals surface area contributed by atoms with Gasteiger partial charge < -0.3 is 15.2 Å². The van der Waals surface area contributed by atoms with E-state index in [4.69, 9.17) is 4.74 Å². The molecule has 5 heteroatoms. The minimum Gasteiger partial charge on any atom is -0.479 e. The molecule has 1 aliphatic rings. The molecule has 0 saturated heterocycles. The first-order valence-corrected chi connectivity index (χ1v) is 7.98. The fourth-order valence-electron chi connectivity index (χ4n) is 3.21. The summed E-state index contributed by atoms with van der Waals surface area (Å²) in [5, 5.41) is 14.3. The van der Waals surface area contributed by atoms with Crippen molar-refractivity contribution in [1.29, 1.82) is 0 Å². The Kier molecular flexibility index (Phi) is 4.28. The molecular formula is C19H21NO4. The Morgan fingerprint density at radius 3 is 2.67 bits per heavy atom. The summed E-state index contributed by atoms with van der Waals surface area (Å²) >= 11 is 0. The number of ether oxygens (including phenoxy) is 1. The van der Waals surface area contributed by atoms with E-state index in [0.717, 1.165) is 22.8 Å². The van der Waals surface area contributed by atoms with Crippen LogP contribution in [0.1, 0.15) is 24.8 Å². The van der Waals surface area contributed by atoms with Crippen LogP contribution in [0.25, 0.3) is 10.8 Å². The molecule has 0 spiro atoms. The summed E-state index contributed by atoms with van der Waals surface area (Å²) in [6.07, 6.45) is 0.739. The van der Waals surface area contributed by atoms with Gasteiger partial charge >= 0.3 is 5.97 Å². The Balaban J connectivity index is 1.77. The first-order valence-electron chi connectivity index (χ1n) is 7.98. The van der Waals surface area contributed by atoms with E-state index in [9.17, 15) is 14.7 Å². The minimum absolute atomic E-state index is 0.0697. The highest BCUT2D eigenvalue weighted by atomic mass is 16.5. The molecule has 5 nitrogen and oxygen atoms in total. The van der Waals surface area contributed by atoms with Gasteiger partial charge in [0, 0.05) is 13.0 Å². The number of carboxylic acids is 1. The third-order valence-corrected chi connectivity index (χ3v) is 4.65. The van der Waals surface area contributed by atoms with Crippen LogP contribution in [-0.4, -0.2) is 36.2 Å². The predicted octanol–water partition coefficient (Wildman–Crippen LogP) is 2.55. The summed E-state index contributed by atoms with van der Waals surface area (Å²) in [6.45, 7) is 1.39. The number of nitrogens with one attached hydrogen (secondary N) is 1. The van der Waals surface area contributed by atoms with Gasteiger partial charge in [-0.05, 0) is 35.6 Å². The van der Waals surface area contributed by atoms with Crippen molar-refractivity contribution < 1.29 is 19.4 Å². The fraction of sp³-hybridized carbons (Fsp3) is 0.368. The zero-order chi connectivity index (χ0) is 17.3. The normalized spacial score (nSPS) is 21.9. The Bertz CT molecular complexity index is 783. The molecule has 2 N–H and O–H groups in total. The van der Waals surface area contributed by atoms with E-state index in [1.807, 2.05) is 24.3 Å². The Morgan fingerprint density at radius 1 is 1.25 bits per heavy atom. The quantitative estimate of drug-likeness (QED) is 0.855. The number of hydrogen-bond acceptors (Lipinski definition) is 3. The molecule has 24 heavy (non-hydrogen) atoms. The van der Waals surface area contributed by atoms with Crippen molar-refractivity contribution in [2.75, 3.05) is 13.7 Å². The monoisotopic (exact) mass is 327 g/mol. The third-order valence-electron chi connectivity index (χ3n) is 4.65. The number of fused-ring (bicyclic) bond motifs is 1. The van der Waals surface area contributed by atoms with Crippen molar-refractivity contribution in [1.82, 2.24) is 5.32 Å². The lowest BCUT2D eigenvalue weighted by atomic mass is 9.99. The van der Waals surface area contributed by atoms with Gasteiger partial charge in [0.05, 0.1) is 6.61 Å². The topological polar surface area (TPSA) is 75.6 Å². The second-order valence-electron chi connectivity index (χ2n) is 6.58. The maximum atomic E-state index is 12.5. The molecule has 1 amide bonds. The van der Waals surface area contributed by atoms with Gasteiger partial charge in [0.1, 0.15) is 0 Å². The number of benzene rings is 2. The van der Waals surface area contributed by atoms with Crippen LogP contribution < -0.4 is 5.32 Å². The molecule has 0 heterocycles. The zero-order valence-corrected chi connectivity index (χ0v) is 13.8. The van der Waals surface area contributed by atoms with E-state index < -0.39 is 11.5 Å². The van der Waals surface area contributed by atoms with Crippen molar-refractivity contribution in [3.63, 3.8) is 0 Å². The van der Waals surface area contributed by atoms with Crippen molar-refractivity contribution in [2.45, 2.75) is 24.8 Å². The van der Waals surface area contributed by atoms with Crippen LogP contribution in [0.2, 0.25) is 0 Å². The van der Waals surface area contributed by atoms with Crippen LogP contribution in [0, 0.1) is 5.92 Å². The molecule has 1 fully saturated rings. The number of carbonyl (C=O) groups excluding carboxylic acids is 1. The van der Waals surface area contributed by atoms with Gasteiger partial charge in [0.15, 0.2) is 5.54 Å². The van der Waals surface area contributed by atoms with Crippen LogP contribution in [0.4, 0.5) is 0 Å². The van der Waals surface area contributed by atoms with Gasteiger partial charge in [-0.2, -0.15) is 0 Å². The molecule has 0 aliphatic heterocycles. The van der Waals surface area contributed by atoms with Crippen molar-refractivity contribution in [3.05, 3.63) is 48.0 Å². The standard InChI is InChI=1S/C19H21NO4/c1-19(11-24-2,18(22)23)20-17(21)16-10-15(16)14-9-5-7-12-6-3-4-8-13(12)14/h3-9,15-16H,10-11H2,1-2H3,(H,20,21)(H,22,23). The summed E-state index contributed by atoms with van der Waals surface area (Å²) in [5.41, 5.74) is -0.255. The maximum absolute atomic E-state index is 12.5. The Morgan fingerprint density at radius 2 is 1.96 bits per heavy atom. The van der Waals surface area contributed by atoms with Crippen LogP contribution in [0.15, 0.2) is 42.5 Å². The maximum Gasteiger partial charge on any atom is 0.331 e. The summed E-state index contributed by atoms with van der Waals surface area (Å²) in [7, 11) is 1.42. The molecule has 0 aromatic heterocycles. The van der Waals surface area contributed by atoms with Crippen LogP contribution >= 0.6 is 0 Å². The van der Waals surface area contributed by atoms with Gasteiger partial charge in [-0.1, -0.05) is 42.5 Å². The lowest BCUT2D eigenvalue weighted by Crippen LogP contribution is -2.55. The summed E-state index contributed by atoms with van der Waals surface area (Å²) in [6, 6.07) is 14.2. The SMILES string of the molecule is COCC(C)(NC(=O)C1CC1c1cccc2ccccc12)C(=O)O. The second-order valence-corrected chi connectivity index (χ2v) is 6.58. The highest BCUT2D eigenvalue weighted by Crippen LogP contribution is 2.49. The van der Waals surface area contributed by atoms with Crippen molar-refractivity contribution in [3.8, 4) is 0 Å². The molecule has 2 aromatic carbocycles. The highest BCUT2D eigenvalue weighted by molar-refractivity contribution is 5.92. The molecule has 0 bridgehead atoms. The van der Waals surface area contributed by atoms with Gasteiger partial charge in [-0.3, -0.25) is 4.79 Å². The molecular weight excluding hydrogens is 306 g/mol. The van der Waals surface area contributed by atoms with E-state index in [0.29, 0.717) is 0 Å². The zero-order valence-electron chi connectivity index (χ0n) is 13.8. The van der Waals surface area contributed by atoms with E-state index in [-0.39, 0.29) is 24.3 Å². The molecule has 1 aliphatic carbocycles. The van der Waals surface area contributed by atoms with Gasteiger partial charge in [-0.25, -0.2) is 4.79 Å². The van der Waals surface area contributed by atoms with Crippen molar-refractivity contribution in [2.24, 2.45) is 5.92 Å². The Hall–Kier alpha value is -2.40. The van der Waals surface area contributed by atoms with Gasteiger partial charge in [-0.15, -0.1) is 0 Å². The Labute approximate surface area is 140 Å². The number of carboxylic acid groups (broad SMARTS) is 1. The van der Waals surface area contributed by atoms with Gasteiger partial charge in [0.25, 0.3) is 0 Å². The summed E-state index contributed by atoms with van der Waals surface area (Å²) in [5.74, 6) is -1.38. The first-order chi connectivity index (χ1) is 11.5. The fourth-order valence-corrected chi connectivity index (χ4v) is 3.21.